The Morgan fingerprint density at radius 3 is 2.84 bits per heavy atom. The highest BCUT2D eigenvalue weighted by molar-refractivity contribution is 6.30. The van der Waals surface area contributed by atoms with Crippen molar-refractivity contribution < 1.29 is 4.74 Å². The molecule has 2 aromatic rings. The standard InChI is InChI=1S/C14H16ClN3O/c1-3-19-14-11(16)6-7-13(18-14)17-12-8-10(15)5-4-9(12)2/h4-8H,3,16H2,1-2H3,(H,17,18). The number of nitrogens with zero attached hydrogens (tertiary/aromatic N) is 1. The van der Waals surface area contributed by atoms with E-state index in [0.717, 1.165) is 11.3 Å². The van der Waals surface area contributed by atoms with Crippen LogP contribution in [0.5, 0.6) is 5.88 Å². The third kappa shape index (κ3) is 3.29. The first-order chi connectivity index (χ1) is 9.10. The Morgan fingerprint density at radius 2 is 2.11 bits per heavy atom. The Labute approximate surface area is 117 Å². The molecule has 0 spiro atoms. The lowest BCUT2D eigenvalue weighted by atomic mass is 10.2. The first-order valence-corrected chi connectivity index (χ1v) is 6.40. The lowest BCUT2D eigenvalue weighted by molar-refractivity contribution is 0.329. The summed E-state index contributed by atoms with van der Waals surface area (Å²) in [5.41, 5.74) is 8.30. The molecule has 2 rings (SSSR count). The molecule has 0 fully saturated rings. The van der Waals surface area contributed by atoms with E-state index >= 15 is 0 Å². The summed E-state index contributed by atoms with van der Waals surface area (Å²) in [5.74, 6) is 1.11. The van der Waals surface area contributed by atoms with Gasteiger partial charge in [0.25, 0.3) is 0 Å². The van der Waals surface area contributed by atoms with Gasteiger partial charge in [-0.05, 0) is 43.7 Å². The van der Waals surface area contributed by atoms with Crippen molar-refractivity contribution in [2.75, 3.05) is 17.7 Å². The van der Waals surface area contributed by atoms with Gasteiger partial charge in [0.1, 0.15) is 5.82 Å². The average molecular weight is 278 g/mol. The number of rotatable bonds is 4. The van der Waals surface area contributed by atoms with Gasteiger partial charge in [0.05, 0.1) is 12.3 Å². The molecule has 0 atom stereocenters. The second kappa shape index (κ2) is 5.80. The van der Waals surface area contributed by atoms with Gasteiger partial charge in [-0.3, -0.25) is 0 Å². The van der Waals surface area contributed by atoms with Crippen LogP contribution in [0.1, 0.15) is 12.5 Å². The smallest absolute Gasteiger partial charge is 0.239 e. The van der Waals surface area contributed by atoms with E-state index < -0.39 is 0 Å². The number of hydrogen-bond donors (Lipinski definition) is 2. The molecule has 0 saturated heterocycles. The van der Waals surface area contributed by atoms with Crippen molar-refractivity contribution in [1.82, 2.24) is 4.98 Å². The number of aromatic nitrogens is 1. The number of benzene rings is 1. The number of anilines is 3. The van der Waals surface area contributed by atoms with Gasteiger partial charge in [0.2, 0.25) is 5.88 Å². The van der Waals surface area contributed by atoms with E-state index in [4.69, 9.17) is 22.1 Å². The summed E-state index contributed by atoms with van der Waals surface area (Å²) in [6.07, 6.45) is 0. The topological polar surface area (TPSA) is 60.2 Å². The summed E-state index contributed by atoms with van der Waals surface area (Å²) in [6.45, 7) is 4.42. The van der Waals surface area contributed by atoms with Crippen LogP contribution in [0.4, 0.5) is 17.2 Å². The van der Waals surface area contributed by atoms with Crippen LogP contribution in [-0.2, 0) is 0 Å². The highest BCUT2D eigenvalue weighted by atomic mass is 35.5. The second-order valence-electron chi connectivity index (χ2n) is 4.11. The van der Waals surface area contributed by atoms with Crippen molar-refractivity contribution >= 4 is 28.8 Å². The third-order valence-corrected chi connectivity index (χ3v) is 2.87. The Balaban J connectivity index is 2.28. The number of nitrogens with two attached hydrogens (primary N) is 1. The fourth-order valence-corrected chi connectivity index (χ4v) is 1.81. The number of ether oxygens (including phenoxy) is 1. The van der Waals surface area contributed by atoms with E-state index in [2.05, 4.69) is 10.3 Å². The molecule has 0 radical (unpaired) electrons. The molecule has 4 nitrogen and oxygen atoms in total. The van der Waals surface area contributed by atoms with Crippen LogP contribution >= 0.6 is 11.6 Å². The minimum absolute atomic E-state index is 0.437. The molecule has 100 valence electrons. The normalized spacial score (nSPS) is 10.3. The number of nitrogens with one attached hydrogen (secondary N) is 1. The minimum Gasteiger partial charge on any atom is -0.476 e. The Morgan fingerprint density at radius 1 is 1.32 bits per heavy atom. The Hall–Kier alpha value is -1.94. The summed E-state index contributed by atoms with van der Waals surface area (Å²) in [5, 5.41) is 3.88. The van der Waals surface area contributed by atoms with Crippen LogP contribution in [0.3, 0.4) is 0 Å². The largest absolute Gasteiger partial charge is 0.476 e. The third-order valence-electron chi connectivity index (χ3n) is 2.63. The van der Waals surface area contributed by atoms with Gasteiger partial charge in [-0.25, -0.2) is 0 Å². The molecule has 0 aliphatic carbocycles. The molecular weight excluding hydrogens is 262 g/mol. The lowest BCUT2D eigenvalue weighted by Crippen LogP contribution is -2.02. The summed E-state index contributed by atoms with van der Waals surface area (Å²) < 4.78 is 5.37. The molecule has 3 N–H and O–H groups in total. The van der Waals surface area contributed by atoms with Gasteiger partial charge in [0, 0.05) is 10.7 Å². The zero-order valence-electron chi connectivity index (χ0n) is 10.9. The second-order valence-corrected chi connectivity index (χ2v) is 4.54. The maximum absolute atomic E-state index is 5.98. The summed E-state index contributed by atoms with van der Waals surface area (Å²) in [6, 6.07) is 9.23. The Bertz CT molecular complexity index is 587. The molecule has 0 aliphatic rings. The molecular formula is C14H16ClN3O. The van der Waals surface area contributed by atoms with Crippen LogP contribution in [-0.4, -0.2) is 11.6 Å². The van der Waals surface area contributed by atoms with Crippen molar-refractivity contribution in [3.8, 4) is 5.88 Å². The fourth-order valence-electron chi connectivity index (χ4n) is 1.64. The zero-order valence-corrected chi connectivity index (χ0v) is 11.7. The quantitative estimate of drug-likeness (QED) is 0.893. The van der Waals surface area contributed by atoms with Gasteiger partial charge in [-0.1, -0.05) is 17.7 Å². The van der Waals surface area contributed by atoms with E-state index in [9.17, 15) is 0 Å². The molecule has 0 bridgehead atoms. The maximum atomic E-state index is 5.98. The van der Waals surface area contributed by atoms with E-state index in [-0.39, 0.29) is 0 Å². The number of aryl methyl sites for hydroxylation is 1. The summed E-state index contributed by atoms with van der Waals surface area (Å²) in [7, 11) is 0. The van der Waals surface area contributed by atoms with Gasteiger partial charge in [-0.15, -0.1) is 0 Å². The van der Waals surface area contributed by atoms with E-state index in [1.807, 2.05) is 32.0 Å². The molecule has 0 amide bonds. The van der Waals surface area contributed by atoms with Crippen molar-refractivity contribution in [3.63, 3.8) is 0 Å². The van der Waals surface area contributed by atoms with Crippen molar-refractivity contribution in [1.29, 1.82) is 0 Å². The molecule has 19 heavy (non-hydrogen) atoms. The van der Waals surface area contributed by atoms with Crippen molar-refractivity contribution in [2.24, 2.45) is 0 Å². The highest BCUT2D eigenvalue weighted by Gasteiger charge is 2.06. The monoisotopic (exact) mass is 277 g/mol. The molecule has 0 aliphatic heterocycles. The predicted molar refractivity (Wildman–Crippen MR) is 79.3 cm³/mol. The van der Waals surface area contributed by atoms with Gasteiger partial charge in [-0.2, -0.15) is 4.98 Å². The van der Waals surface area contributed by atoms with Gasteiger partial charge < -0.3 is 15.8 Å². The molecule has 0 unspecified atom stereocenters. The molecule has 5 heteroatoms. The number of pyridine rings is 1. The Kier molecular flexibility index (Phi) is 4.12. The van der Waals surface area contributed by atoms with Crippen LogP contribution in [0.2, 0.25) is 5.02 Å². The van der Waals surface area contributed by atoms with Gasteiger partial charge >= 0.3 is 0 Å². The fraction of sp³-hybridized carbons (Fsp3) is 0.214. The van der Waals surface area contributed by atoms with Crippen molar-refractivity contribution in [3.05, 3.63) is 40.9 Å². The van der Waals surface area contributed by atoms with Crippen LogP contribution < -0.4 is 15.8 Å². The summed E-state index contributed by atoms with van der Waals surface area (Å²) in [4.78, 5) is 4.33. The van der Waals surface area contributed by atoms with Crippen LogP contribution in [0.15, 0.2) is 30.3 Å². The van der Waals surface area contributed by atoms with Crippen LogP contribution in [0.25, 0.3) is 0 Å². The predicted octanol–water partition coefficient (Wildman–Crippen LogP) is 3.77. The van der Waals surface area contributed by atoms with Crippen LogP contribution in [0, 0.1) is 6.92 Å². The first-order valence-electron chi connectivity index (χ1n) is 6.02. The molecule has 0 saturated carbocycles. The molecule has 1 aromatic heterocycles. The SMILES string of the molecule is CCOc1nc(Nc2cc(Cl)ccc2C)ccc1N. The lowest BCUT2D eigenvalue weighted by Gasteiger charge is -2.11. The zero-order chi connectivity index (χ0) is 13.8. The highest BCUT2D eigenvalue weighted by Crippen LogP contribution is 2.26. The van der Waals surface area contributed by atoms with E-state index in [1.165, 1.54) is 0 Å². The first kappa shape index (κ1) is 13.5. The number of hydrogen-bond acceptors (Lipinski definition) is 4. The molecule has 1 heterocycles. The number of nitrogen functional groups attached to an aromatic ring is 1. The molecule has 1 aromatic carbocycles. The maximum Gasteiger partial charge on any atom is 0.239 e. The number of halogens is 1. The summed E-state index contributed by atoms with van der Waals surface area (Å²) >= 11 is 5.98. The van der Waals surface area contributed by atoms with Gasteiger partial charge in [0.15, 0.2) is 0 Å². The van der Waals surface area contributed by atoms with E-state index in [0.29, 0.717) is 29.0 Å². The van der Waals surface area contributed by atoms with E-state index in [1.54, 1.807) is 12.1 Å². The van der Waals surface area contributed by atoms with Crippen molar-refractivity contribution in [2.45, 2.75) is 13.8 Å². The minimum atomic E-state index is 0.437. The average Bonchev–Trinajstić information content (AvgIpc) is 2.38.